The second-order valence-electron chi connectivity index (χ2n) is 9.65. The highest BCUT2D eigenvalue weighted by atomic mass is 19.1. The summed E-state index contributed by atoms with van der Waals surface area (Å²) in [6.45, 7) is 2.90. The van der Waals surface area contributed by atoms with Crippen molar-refractivity contribution < 1.29 is 37.3 Å². The summed E-state index contributed by atoms with van der Waals surface area (Å²) in [6.07, 6.45) is 2.07. The number of hydrogen-bond acceptors (Lipinski definition) is 7. The SMILES string of the molecule is CCOc1cc2nccc(Oc3ccc(N(C(=O)C4(C(N)=O)CC4)c4ccc(F)cc4)cc3F)c2c2c1OCCO2. The Balaban J connectivity index is 1.39. The van der Waals surface area contributed by atoms with Gasteiger partial charge in [0.2, 0.25) is 17.6 Å². The van der Waals surface area contributed by atoms with Crippen molar-refractivity contribution in [3.8, 4) is 28.7 Å². The molecule has 1 saturated carbocycles. The molecule has 210 valence electrons. The van der Waals surface area contributed by atoms with Crippen molar-refractivity contribution in [2.75, 3.05) is 24.7 Å². The van der Waals surface area contributed by atoms with E-state index >= 15 is 4.39 Å². The zero-order valence-corrected chi connectivity index (χ0v) is 22.0. The lowest BCUT2D eigenvalue weighted by Crippen LogP contribution is -2.41. The van der Waals surface area contributed by atoms with Crippen molar-refractivity contribution in [2.24, 2.45) is 11.1 Å². The predicted octanol–water partition coefficient (Wildman–Crippen LogP) is 5.41. The molecule has 1 aliphatic heterocycles. The number of nitrogens with two attached hydrogens (primary N) is 1. The second-order valence-corrected chi connectivity index (χ2v) is 9.65. The molecule has 6 rings (SSSR count). The predicted molar refractivity (Wildman–Crippen MR) is 145 cm³/mol. The molecule has 4 aromatic rings. The molecule has 0 saturated heterocycles. The van der Waals surface area contributed by atoms with Crippen LogP contribution in [0.3, 0.4) is 0 Å². The third kappa shape index (κ3) is 4.62. The molecular weight excluding hydrogens is 536 g/mol. The maximum absolute atomic E-state index is 15.6. The van der Waals surface area contributed by atoms with E-state index in [4.69, 9.17) is 24.7 Å². The highest BCUT2D eigenvalue weighted by Gasteiger charge is 2.57. The lowest BCUT2D eigenvalue weighted by molar-refractivity contribution is -0.133. The zero-order chi connectivity index (χ0) is 28.7. The number of carbonyl (C=O) groups is 2. The average molecular weight is 562 g/mol. The van der Waals surface area contributed by atoms with Gasteiger partial charge in [0.1, 0.15) is 30.2 Å². The van der Waals surface area contributed by atoms with Crippen LogP contribution in [0.2, 0.25) is 0 Å². The van der Waals surface area contributed by atoms with E-state index in [-0.39, 0.29) is 35.7 Å². The molecule has 0 bridgehead atoms. The third-order valence-electron chi connectivity index (χ3n) is 7.06. The van der Waals surface area contributed by atoms with Gasteiger partial charge < -0.3 is 24.7 Å². The number of anilines is 2. The Hall–Kier alpha value is -4.93. The lowest BCUT2D eigenvalue weighted by atomic mass is 10.0. The number of benzene rings is 3. The van der Waals surface area contributed by atoms with Gasteiger partial charge in [-0.05, 0) is 62.2 Å². The molecule has 41 heavy (non-hydrogen) atoms. The van der Waals surface area contributed by atoms with Gasteiger partial charge in [-0.25, -0.2) is 8.78 Å². The molecule has 2 aliphatic rings. The summed E-state index contributed by atoms with van der Waals surface area (Å²) >= 11 is 0. The molecule has 0 unspecified atom stereocenters. The number of rotatable bonds is 8. The number of carbonyl (C=O) groups excluding carboxylic acids is 2. The fraction of sp³-hybridized carbons (Fsp3) is 0.233. The molecular formula is C30H25F2N3O6. The fourth-order valence-corrected chi connectivity index (χ4v) is 4.83. The molecule has 1 fully saturated rings. The van der Waals surface area contributed by atoms with Crippen LogP contribution in [0.4, 0.5) is 20.2 Å². The van der Waals surface area contributed by atoms with E-state index in [2.05, 4.69) is 4.98 Å². The largest absolute Gasteiger partial charge is 0.490 e. The van der Waals surface area contributed by atoms with Crippen LogP contribution in [0.25, 0.3) is 10.9 Å². The summed E-state index contributed by atoms with van der Waals surface area (Å²) in [6, 6.07) is 12.3. The van der Waals surface area contributed by atoms with E-state index in [9.17, 15) is 14.0 Å². The Kier molecular flexibility index (Phi) is 6.56. The Labute approximate surface area is 233 Å². The smallest absolute Gasteiger partial charge is 0.247 e. The highest BCUT2D eigenvalue weighted by Crippen LogP contribution is 2.50. The van der Waals surface area contributed by atoms with Crippen LogP contribution in [0, 0.1) is 17.0 Å². The molecule has 3 aromatic carbocycles. The van der Waals surface area contributed by atoms with Crippen LogP contribution in [-0.2, 0) is 9.59 Å². The number of halogens is 2. The molecule has 1 aliphatic carbocycles. The first-order valence-corrected chi connectivity index (χ1v) is 13.0. The molecule has 2 N–H and O–H groups in total. The van der Waals surface area contributed by atoms with Crippen LogP contribution >= 0.6 is 0 Å². The normalized spacial score (nSPS) is 14.8. The lowest BCUT2D eigenvalue weighted by Gasteiger charge is -2.27. The first-order chi connectivity index (χ1) is 19.8. The summed E-state index contributed by atoms with van der Waals surface area (Å²) in [5.74, 6) is -1.27. The van der Waals surface area contributed by atoms with Gasteiger partial charge in [-0.1, -0.05) is 0 Å². The van der Waals surface area contributed by atoms with E-state index in [1.54, 1.807) is 12.1 Å². The topological polar surface area (TPSA) is 113 Å². The quantitative estimate of drug-likeness (QED) is 0.287. The molecule has 1 aromatic heterocycles. The van der Waals surface area contributed by atoms with Crippen LogP contribution in [0.5, 0.6) is 28.7 Å². The first-order valence-electron chi connectivity index (χ1n) is 13.0. The van der Waals surface area contributed by atoms with Crippen molar-refractivity contribution in [1.82, 2.24) is 4.98 Å². The highest BCUT2D eigenvalue weighted by molar-refractivity contribution is 6.16. The van der Waals surface area contributed by atoms with Crippen molar-refractivity contribution >= 4 is 34.1 Å². The zero-order valence-electron chi connectivity index (χ0n) is 22.0. The Morgan fingerprint density at radius 1 is 0.951 bits per heavy atom. The van der Waals surface area contributed by atoms with Gasteiger partial charge in [-0.2, -0.15) is 0 Å². The van der Waals surface area contributed by atoms with Gasteiger partial charge in [0.25, 0.3) is 0 Å². The minimum Gasteiger partial charge on any atom is -0.490 e. The number of aromatic nitrogens is 1. The van der Waals surface area contributed by atoms with Gasteiger partial charge in [-0.3, -0.25) is 19.5 Å². The van der Waals surface area contributed by atoms with Crippen LogP contribution in [-0.4, -0.2) is 36.6 Å². The minimum atomic E-state index is -1.39. The molecule has 2 heterocycles. The summed E-state index contributed by atoms with van der Waals surface area (Å²) in [5, 5.41) is 0.481. The number of hydrogen-bond donors (Lipinski definition) is 1. The number of ether oxygens (including phenoxy) is 4. The maximum atomic E-state index is 15.6. The summed E-state index contributed by atoms with van der Waals surface area (Å²) in [4.78, 5) is 31.2. The first kappa shape index (κ1) is 26.3. The van der Waals surface area contributed by atoms with Gasteiger partial charge in [-0.15, -0.1) is 0 Å². The van der Waals surface area contributed by atoms with E-state index in [1.165, 1.54) is 47.5 Å². The molecule has 0 radical (unpaired) electrons. The molecule has 0 spiro atoms. The number of nitrogens with zero attached hydrogens (tertiary/aromatic N) is 2. The Morgan fingerprint density at radius 2 is 1.66 bits per heavy atom. The molecule has 9 nitrogen and oxygen atoms in total. The molecule has 0 atom stereocenters. The average Bonchev–Trinajstić information content (AvgIpc) is 3.78. The van der Waals surface area contributed by atoms with Crippen LogP contribution in [0.1, 0.15) is 19.8 Å². The van der Waals surface area contributed by atoms with Crippen LogP contribution in [0.15, 0.2) is 60.8 Å². The monoisotopic (exact) mass is 561 g/mol. The van der Waals surface area contributed by atoms with Crippen molar-refractivity contribution in [3.05, 3.63) is 72.4 Å². The second kappa shape index (κ2) is 10.2. The Bertz CT molecular complexity index is 1670. The van der Waals surface area contributed by atoms with E-state index in [0.717, 1.165) is 6.07 Å². The minimum absolute atomic E-state index is 0.119. The van der Waals surface area contributed by atoms with E-state index in [1.807, 2.05) is 6.92 Å². The van der Waals surface area contributed by atoms with E-state index < -0.39 is 28.9 Å². The van der Waals surface area contributed by atoms with Gasteiger partial charge in [0.05, 0.1) is 23.2 Å². The standard InChI is InChI=1S/C30H25F2N3O6/c1-2-38-24-16-21-25(27-26(24)39-13-14-40-27)23(9-12-34-21)41-22-8-7-19(15-20(22)32)35(18-5-3-17(31)4-6-18)29(37)30(10-11-30)28(33)36/h3-9,12,15-16H,2,10-11,13-14H2,1H3,(H2,33,36). The fourth-order valence-electron chi connectivity index (χ4n) is 4.83. The number of fused-ring (bicyclic) bond motifs is 3. The molecule has 11 heteroatoms. The summed E-state index contributed by atoms with van der Waals surface area (Å²) < 4.78 is 52.7. The Morgan fingerprint density at radius 3 is 2.32 bits per heavy atom. The van der Waals surface area contributed by atoms with Gasteiger partial charge in [0.15, 0.2) is 23.1 Å². The van der Waals surface area contributed by atoms with Gasteiger partial charge in [0, 0.05) is 24.0 Å². The number of amides is 2. The van der Waals surface area contributed by atoms with E-state index in [0.29, 0.717) is 48.0 Å². The van der Waals surface area contributed by atoms with Gasteiger partial charge >= 0.3 is 0 Å². The van der Waals surface area contributed by atoms with Crippen molar-refractivity contribution in [3.63, 3.8) is 0 Å². The maximum Gasteiger partial charge on any atom is 0.247 e. The summed E-state index contributed by atoms with van der Waals surface area (Å²) in [7, 11) is 0. The van der Waals surface area contributed by atoms with Crippen molar-refractivity contribution in [2.45, 2.75) is 19.8 Å². The van der Waals surface area contributed by atoms with Crippen molar-refractivity contribution in [1.29, 1.82) is 0 Å². The number of pyridine rings is 1. The van der Waals surface area contributed by atoms with Crippen LogP contribution < -0.4 is 29.6 Å². The number of primary amides is 1. The summed E-state index contributed by atoms with van der Waals surface area (Å²) in [5.41, 5.74) is 5.02. The molecule has 2 amide bonds. The third-order valence-corrected chi connectivity index (χ3v) is 7.06.